The molecule has 0 bridgehead atoms. The van der Waals surface area contributed by atoms with Crippen LogP contribution >= 0.6 is 0 Å². The Hall–Kier alpha value is -2.63. The summed E-state index contributed by atoms with van der Waals surface area (Å²) in [6.07, 6.45) is 3.26. The van der Waals surface area contributed by atoms with Crippen LogP contribution in [0.1, 0.15) is 41.5 Å². The number of rotatable bonds is 3. The van der Waals surface area contributed by atoms with E-state index in [0.717, 1.165) is 24.8 Å². The highest BCUT2D eigenvalue weighted by molar-refractivity contribution is 6.07. The van der Waals surface area contributed by atoms with Crippen LogP contribution in [0.25, 0.3) is 0 Å². The number of fused-ring (bicyclic) bond motifs is 1. The van der Waals surface area contributed by atoms with Crippen LogP contribution in [0, 0.1) is 6.92 Å². The van der Waals surface area contributed by atoms with E-state index in [4.69, 9.17) is 4.52 Å². The fourth-order valence-electron chi connectivity index (χ4n) is 3.57. The Kier molecular flexibility index (Phi) is 3.23. The van der Waals surface area contributed by atoms with Crippen LogP contribution in [0.2, 0.25) is 0 Å². The zero-order valence-corrected chi connectivity index (χ0v) is 13.8. The Morgan fingerprint density at radius 1 is 1.25 bits per heavy atom. The molecule has 1 aromatic carbocycles. The molecule has 0 spiro atoms. The van der Waals surface area contributed by atoms with Crippen LogP contribution < -0.4 is 5.32 Å². The van der Waals surface area contributed by atoms with Gasteiger partial charge in [-0.3, -0.25) is 9.69 Å². The van der Waals surface area contributed by atoms with Crippen molar-refractivity contribution < 1.29 is 14.1 Å². The van der Waals surface area contributed by atoms with Gasteiger partial charge in [0.05, 0.1) is 6.54 Å². The van der Waals surface area contributed by atoms with Gasteiger partial charge in [-0.1, -0.05) is 23.4 Å². The molecule has 1 atom stereocenters. The molecular formula is C18H19N3O3. The monoisotopic (exact) mass is 325 g/mol. The van der Waals surface area contributed by atoms with Crippen LogP contribution in [0.15, 0.2) is 28.8 Å². The van der Waals surface area contributed by atoms with Gasteiger partial charge < -0.3 is 9.84 Å². The lowest BCUT2D eigenvalue weighted by atomic mass is 9.89. The van der Waals surface area contributed by atoms with Gasteiger partial charge in [0.15, 0.2) is 0 Å². The molecule has 2 aliphatic rings. The average Bonchev–Trinajstić information content (AvgIpc) is 3.23. The lowest BCUT2D eigenvalue weighted by Crippen LogP contribution is -2.41. The molecule has 4 rings (SSSR count). The Labute approximate surface area is 139 Å². The number of nitrogens with zero attached hydrogens (tertiary/aromatic N) is 2. The van der Waals surface area contributed by atoms with Gasteiger partial charge in [-0.15, -0.1) is 0 Å². The first kappa shape index (κ1) is 14.9. The molecule has 1 aliphatic carbocycles. The molecule has 0 unspecified atom stereocenters. The summed E-state index contributed by atoms with van der Waals surface area (Å²) in [7, 11) is 0. The van der Waals surface area contributed by atoms with E-state index >= 15 is 0 Å². The van der Waals surface area contributed by atoms with Gasteiger partial charge in [0.2, 0.25) is 0 Å². The van der Waals surface area contributed by atoms with E-state index < -0.39 is 11.6 Å². The molecular weight excluding hydrogens is 306 g/mol. The van der Waals surface area contributed by atoms with Crippen LogP contribution in [0.5, 0.6) is 0 Å². The first-order valence-electron chi connectivity index (χ1n) is 8.16. The van der Waals surface area contributed by atoms with Crippen molar-refractivity contribution in [2.45, 2.75) is 45.2 Å². The van der Waals surface area contributed by atoms with Crippen molar-refractivity contribution in [3.8, 4) is 0 Å². The van der Waals surface area contributed by atoms with E-state index in [9.17, 15) is 9.59 Å². The Balaban J connectivity index is 1.64. The first-order valence-corrected chi connectivity index (χ1v) is 8.16. The predicted molar refractivity (Wildman–Crippen MR) is 86.1 cm³/mol. The molecule has 3 amide bonds. The molecule has 1 saturated heterocycles. The first-order chi connectivity index (χ1) is 11.5. The molecule has 24 heavy (non-hydrogen) atoms. The number of aryl methyl sites for hydroxylation is 3. The molecule has 1 N–H and O–H groups in total. The second-order valence-corrected chi connectivity index (χ2v) is 6.71. The summed E-state index contributed by atoms with van der Waals surface area (Å²) in [5, 5.41) is 6.71. The fourth-order valence-corrected chi connectivity index (χ4v) is 3.57. The molecule has 6 heteroatoms. The number of aromatic nitrogens is 1. The summed E-state index contributed by atoms with van der Waals surface area (Å²) in [5.41, 5.74) is 2.98. The number of urea groups is 1. The number of carbonyl (C=O) groups excluding carboxylic acids is 2. The van der Waals surface area contributed by atoms with Gasteiger partial charge >= 0.3 is 6.03 Å². The van der Waals surface area contributed by atoms with E-state index in [0.29, 0.717) is 11.5 Å². The second-order valence-electron chi connectivity index (χ2n) is 6.71. The Morgan fingerprint density at radius 3 is 2.79 bits per heavy atom. The van der Waals surface area contributed by atoms with Gasteiger partial charge in [-0.2, -0.15) is 0 Å². The van der Waals surface area contributed by atoms with Crippen molar-refractivity contribution in [1.29, 1.82) is 0 Å². The summed E-state index contributed by atoms with van der Waals surface area (Å²) >= 11 is 0. The molecule has 0 saturated carbocycles. The summed E-state index contributed by atoms with van der Waals surface area (Å²) in [6.45, 7) is 3.65. The van der Waals surface area contributed by atoms with Crippen molar-refractivity contribution in [2.24, 2.45) is 0 Å². The zero-order valence-electron chi connectivity index (χ0n) is 13.8. The lowest BCUT2D eigenvalue weighted by Gasteiger charge is -2.23. The van der Waals surface area contributed by atoms with Crippen molar-refractivity contribution in [3.63, 3.8) is 0 Å². The van der Waals surface area contributed by atoms with Gasteiger partial charge in [0, 0.05) is 6.07 Å². The minimum atomic E-state index is -1.03. The second kappa shape index (κ2) is 5.19. The number of imide groups is 1. The van der Waals surface area contributed by atoms with Crippen LogP contribution in [0.4, 0.5) is 4.79 Å². The van der Waals surface area contributed by atoms with Crippen LogP contribution in [-0.4, -0.2) is 22.0 Å². The normalized spacial score (nSPS) is 22.8. The molecule has 0 radical (unpaired) electrons. The summed E-state index contributed by atoms with van der Waals surface area (Å²) in [4.78, 5) is 26.5. The number of carbonyl (C=O) groups is 2. The van der Waals surface area contributed by atoms with E-state index in [1.165, 1.54) is 16.0 Å². The maximum Gasteiger partial charge on any atom is 0.325 e. The van der Waals surface area contributed by atoms with Crippen molar-refractivity contribution in [2.75, 3.05) is 0 Å². The number of amides is 3. The quantitative estimate of drug-likeness (QED) is 0.880. The average molecular weight is 325 g/mol. The third kappa shape index (κ3) is 2.21. The third-order valence-corrected chi connectivity index (χ3v) is 4.95. The minimum Gasteiger partial charge on any atom is -0.361 e. The number of hydrogen-bond acceptors (Lipinski definition) is 4. The van der Waals surface area contributed by atoms with E-state index in [2.05, 4.69) is 22.6 Å². The maximum atomic E-state index is 12.9. The van der Waals surface area contributed by atoms with E-state index in [1.54, 1.807) is 19.9 Å². The highest BCUT2D eigenvalue weighted by atomic mass is 16.5. The SMILES string of the molecule is Cc1cc(CN2C(=O)N[C@](C)(c3ccc4c(c3)CCC4)C2=O)no1. The van der Waals surface area contributed by atoms with Crippen molar-refractivity contribution in [3.05, 3.63) is 52.4 Å². The van der Waals surface area contributed by atoms with Crippen LogP contribution in [-0.2, 0) is 29.7 Å². The zero-order chi connectivity index (χ0) is 16.9. The van der Waals surface area contributed by atoms with Crippen molar-refractivity contribution >= 4 is 11.9 Å². The topological polar surface area (TPSA) is 75.4 Å². The highest BCUT2D eigenvalue weighted by Gasteiger charge is 2.49. The Morgan fingerprint density at radius 2 is 2.04 bits per heavy atom. The van der Waals surface area contributed by atoms with E-state index in [-0.39, 0.29) is 12.5 Å². The lowest BCUT2D eigenvalue weighted by molar-refractivity contribution is -0.131. The molecule has 1 aromatic heterocycles. The summed E-state index contributed by atoms with van der Waals surface area (Å²) < 4.78 is 5.01. The maximum absolute atomic E-state index is 12.9. The van der Waals surface area contributed by atoms with Gasteiger partial charge in [0.1, 0.15) is 17.0 Å². The smallest absolute Gasteiger partial charge is 0.325 e. The number of benzene rings is 1. The molecule has 124 valence electrons. The standard InChI is InChI=1S/C18H19N3O3/c1-11-8-15(20-24-11)10-21-16(22)18(2,19-17(21)23)14-7-6-12-4-3-5-13(12)9-14/h6-9H,3-5,10H2,1-2H3,(H,19,23)/t18-/m1/s1. The Bertz CT molecular complexity index is 842. The number of nitrogens with one attached hydrogen (secondary N) is 1. The molecule has 1 fully saturated rings. The summed E-state index contributed by atoms with van der Waals surface area (Å²) in [6, 6.07) is 7.41. The van der Waals surface area contributed by atoms with Gasteiger partial charge in [-0.25, -0.2) is 4.79 Å². The predicted octanol–water partition coefficient (Wildman–Crippen LogP) is 2.44. The molecule has 2 heterocycles. The van der Waals surface area contributed by atoms with Gasteiger partial charge in [-0.05, 0) is 49.8 Å². The largest absolute Gasteiger partial charge is 0.361 e. The molecule has 1 aliphatic heterocycles. The summed E-state index contributed by atoms with van der Waals surface area (Å²) in [5.74, 6) is 0.393. The molecule has 6 nitrogen and oxygen atoms in total. The van der Waals surface area contributed by atoms with E-state index in [1.807, 2.05) is 6.07 Å². The van der Waals surface area contributed by atoms with Crippen LogP contribution in [0.3, 0.4) is 0 Å². The highest BCUT2D eigenvalue weighted by Crippen LogP contribution is 2.33. The van der Waals surface area contributed by atoms with Gasteiger partial charge in [0.25, 0.3) is 5.91 Å². The van der Waals surface area contributed by atoms with Crippen molar-refractivity contribution in [1.82, 2.24) is 15.4 Å². The molecule has 2 aromatic rings. The number of hydrogen-bond donors (Lipinski definition) is 1. The fraction of sp³-hybridized carbons (Fsp3) is 0.389. The minimum absolute atomic E-state index is 0.114. The third-order valence-electron chi connectivity index (χ3n) is 4.95.